The van der Waals surface area contributed by atoms with E-state index in [4.69, 9.17) is 0 Å². The summed E-state index contributed by atoms with van der Waals surface area (Å²) >= 11 is 0. The molecular weight excluding hydrogens is 203 g/mol. The van der Waals surface area contributed by atoms with Gasteiger partial charge in [-0.1, -0.05) is 58.3 Å². The molecule has 17 heavy (non-hydrogen) atoms. The molecule has 3 atom stereocenters. The lowest BCUT2D eigenvalue weighted by atomic mass is 9.33. The van der Waals surface area contributed by atoms with E-state index >= 15 is 0 Å². The molecule has 0 aliphatic heterocycles. The van der Waals surface area contributed by atoms with Crippen molar-refractivity contribution < 1.29 is 0 Å². The van der Waals surface area contributed by atoms with Crippen LogP contribution in [0.25, 0.3) is 0 Å². The Morgan fingerprint density at radius 1 is 1.29 bits per heavy atom. The molecule has 0 heterocycles. The third kappa shape index (κ3) is 2.64. The molecule has 2 aliphatic rings. The van der Waals surface area contributed by atoms with Crippen LogP contribution in [-0.4, -0.2) is 6.71 Å². The Bertz CT molecular complexity index is 297. The van der Waals surface area contributed by atoms with Gasteiger partial charge in [-0.15, -0.1) is 0 Å². The van der Waals surface area contributed by atoms with Gasteiger partial charge in [0.05, 0.1) is 0 Å². The molecule has 0 amide bonds. The molecule has 1 fully saturated rings. The minimum absolute atomic E-state index is 0.493. The first-order chi connectivity index (χ1) is 7.93. The van der Waals surface area contributed by atoms with Crippen molar-refractivity contribution in [3.63, 3.8) is 0 Å². The normalized spacial score (nSPS) is 33.2. The van der Waals surface area contributed by atoms with Crippen LogP contribution in [0.5, 0.6) is 0 Å². The van der Waals surface area contributed by atoms with Gasteiger partial charge in [0.1, 0.15) is 6.71 Å². The summed E-state index contributed by atoms with van der Waals surface area (Å²) in [6.07, 6.45) is 9.62. The lowest BCUT2D eigenvalue weighted by molar-refractivity contribution is 0.217. The molecule has 0 aromatic rings. The van der Waals surface area contributed by atoms with Crippen LogP contribution in [0.1, 0.15) is 53.4 Å². The van der Waals surface area contributed by atoms with Crippen molar-refractivity contribution in [2.75, 3.05) is 0 Å². The fraction of sp³-hybridized carbons (Fsp3) is 0.875. The molecule has 0 aromatic carbocycles. The van der Waals surface area contributed by atoms with Crippen LogP contribution < -0.4 is 0 Å². The van der Waals surface area contributed by atoms with Crippen LogP contribution in [0.4, 0.5) is 0 Å². The summed E-state index contributed by atoms with van der Waals surface area (Å²) in [6.45, 7) is 13.0. The Labute approximate surface area is 108 Å². The second-order valence-corrected chi connectivity index (χ2v) is 7.52. The van der Waals surface area contributed by atoms with Crippen LogP contribution in [0.2, 0.25) is 19.0 Å². The van der Waals surface area contributed by atoms with Crippen LogP contribution in [0, 0.1) is 17.3 Å². The zero-order valence-corrected chi connectivity index (χ0v) is 12.4. The zero-order valence-electron chi connectivity index (χ0n) is 12.4. The summed E-state index contributed by atoms with van der Waals surface area (Å²) in [5.41, 5.74) is 2.30. The third-order valence-corrected chi connectivity index (χ3v) is 5.55. The second-order valence-electron chi connectivity index (χ2n) is 7.52. The minimum Gasteiger partial charge on any atom is -0.0858 e. The maximum Gasteiger partial charge on any atom is 0.140 e. The van der Waals surface area contributed by atoms with Gasteiger partial charge in [-0.3, -0.25) is 0 Å². The van der Waals surface area contributed by atoms with Gasteiger partial charge < -0.3 is 0 Å². The van der Waals surface area contributed by atoms with Crippen molar-refractivity contribution in [1.29, 1.82) is 0 Å². The number of fused-ring (bicyclic) bond motifs is 1. The van der Waals surface area contributed by atoms with Gasteiger partial charge in [0, 0.05) is 0 Å². The van der Waals surface area contributed by atoms with E-state index in [1.54, 1.807) is 0 Å². The highest BCUT2D eigenvalue weighted by molar-refractivity contribution is 6.59. The molecule has 2 rings (SSSR count). The Balaban J connectivity index is 1.99. The predicted octanol–water partition coefficient (Wildman–Crippen LogP) is 5.29. The van der Waals surface area contributed by atoms with Gasteiger partial charge >= 0.3 is 0 Å². The molecule has 0 bridgehead atoms. The fourth-order valence-corrected chi connectivity index (χ4v) is 3.79. The summed E-state index contributed by atoms with van der Waals surface area (Å²) in [6, 6.07) is 0. The van der Waals surface area contributed by atoms with Crippen molar-refractivity contribution in [2.45, 2.75) is 72.3 Å². The topological polar surface area (TPSA) is 0 Å². The lowest BCUT2D eigenvalue weighted by Gasteiger charge is -2.42. The Morgan fingerprint density at radius 3 is 2.59 bits per heavy atom. The summed E-state index contributed by atoms with van der Waals surface area (Å²) in [5.74, 6) is 2.86. The first kappa shape index (κ1) is 13.2. The molecule has 0 saturated heterocycles. The highest BCUT2D eigenvalue weighted by atomic mass is 14.4. The van der Waals surface area contributed by atoms with Gasteiger partial charge in [-0.2, -0.15) is 0 Å². The highest BCUT2D eigenvalue weighted by Crippen LogP contribution is 2.53. The first-order valence-corrected chi connectivity index (χ1v) is 7.62. The van der Waals surface area contributed by atoms with Crippen molar-refractivity contribution in [2.24, 2.45) is 17.3 Å². The van der Waals surface area contributed by atoms with E-state index < -0.39 is 0 Å². The molecular formula is C16H29B. The summed E-state index contributed by atoms with van der Waals surface area (Å²) in [4.78, 5) is 0. The van der Waals surface area contributed by atoms with E-state index in [-0.39, 0.29) is 0 Å². The molecule has 96 valence electrons. The number of hydrogen-bond donors (Lipinski definition) is 0. The first-order valence-electron chi connectivity index (χ1n) is 7.62. The van der Waals surface area contributed by atoms with E-state index in [9.17, 15) is 0 Å². The summed E-state index contributed by atoms with van der Waals surface area (Å²) in [5, 5.41) is 0. The Kier molecular flexibility index (Phi) is 3.76. The van der Waals surface area contributed by atoms with Crippen molar-refractivity contribution >= 4 is 6.71 Å². The molecule has 1 saturated carbocycles. The largest absolute Gasteiger partial charge is 0.140 e. The SMILES string of the molecule is CCB(C)C1CC2=CCC(C(C)(C)C)CCC21. The lowest BCUT2D eigenvalue weighted by Crippen LogP contribution is -2.33. The van der Waals surface area contributed by atoms with Gasteiger partial charge in [0.15, 0.2) is 0 Å². The predicted molar refractivity (Wildman–Crippen MR) is 78.8 cm³/mol. The summed E-state index contributed by atoms with van der Waals surface area (Å²) < 4.78 is 0. The van der Waals surface area contributed by atoms with Crippen LogP contribution >= 0.6 is 0 Å². The molecule has 0 radical (unpaired) electrons. The highest BCUT2D eigenvalue weighted by Gasteiger charge is 2.41. The van der Waals surface area contributed by atoms with Gasteiger partial charge in [-0.05, 0) is 42.9 Å². The number of allylic oxidation sites excluding steroid dienone is 2. The van der Waals surface area contributed by atoms with Crippen LogP contribution in [0.15, 0.2) is 11.6 Å². The van der Waals surface area contributed by atoms with Crippen molar-refractivity contribution in [1.82, 2.24) is 0 Å². The van der Waals surface area contributed by atoms with Crippen LogP contribution in [0.3, 0.4) is 0 Å². The summed E-state index contributed by atoms with van der Waals surface area (Å²) in [7, 11) is 0. The Hall–Kier alpha value is -0.195. The van der Waals surface area contributed by atoms with Crippen molar-refractivity contribution in [3.05, 3.63) is 11.6 Å². The number of hydrogen-bond acceptors (Lipinski definition) is 0. The third-order valence-electron chi connectivity index (χ3n) is 5.55. The van der Waals surface area contributed by atoms with E-state index in [0.29, 0.717) is 5.41 Å². The monoisotopic (exact) mass is 232 g/mol. The second kappa shape index (κ2) is 4.82. The van der Waals surface area contributed by atoms with Crippen molar-refractivity contribution in [3.8, 4) is 0 Å². The van der Waals surface area contributed by atoms with Crippen LogP contribution in [-0.2, 0) is 0 Å². The molecule has 1 heteroatoms. The Morgan fingerprint density at radius 2 is 2.00 bits per heavy atom. The maximum atomic E-state index is 2.60. The minimum atomic E-state index is 0.493. The maximum absolute atomic E-state index is 2.60. The van der Waals surface area contributed by atoms with E-state index in [1.807, 2.05) is 5.57 Å². The zero-order chi connectivity index (χ0) is 12.6. The molecule has 0 N–H and O–H groups in total. The smallest absolute Gasteiger partial charge is 0.0858 e. The van der Waals surface area contributed by atoms with Gasteiger partial charge in [0.25, 0.3) is 0 Å². The standard InChI is InChI=1S/C16H29B/c1-6-17(5)15-11-12-7-8-13(16(2,3)4)9-10-14(12)15/h7,13-15H,6,8-11H2,1-5H3. The number of rotatable bonds is 2. The average Bonchev–Trinajstić information content (AvgIpc) is 2.37. The van der Waals surface area contributed by atoms with E-state index in [2.05, 4.69) is 40.6 Å². The quantitative estimate of drug-likeness (QED) is 0.448. The van der Waals surface area contributed by atoms with Gasteiger partial charge in [-0.25, -0.2) is 0 Å². The molecule has 2 aliphatic carbocycles. The van der Waals surface area contributed by atoms with E-state index in [0.717, 1.165) is 24.4 Å². The van der Waals surface area contributed by atoms with E-state index in [1.165, 1.54) is 32.0 Å². The molecule has 0 spiro atoms. The average molecular weight is 232 g/mol. The van der Waals surface area contributed by atoms with Gasteiger partial charge in [0.2, 0.25) is 0 Å². The molecule has 0 nitrogen and oxygen atoms in total. The molecule has 3 unspecified atom stereocenters. The molecule has 0 aromatic heterocycles. The fourth-order valence-electron chi connectivity index (χ4n) is 3.79.